The summed E-state index contributed by atoms with van der Waals surface area (Å²) in [7, 11) is 0. The molecule has 0 bridgehead atoms. The monoisotopic (exact) mass is 292 g/mol. The predicted octanol–water partition coefficient (Wildman–Crippen LogP) is 2.73. The summed E-state index contributed by atoms with van der Waals surface area (Å²) < 4.78 is 7.85. The second-order valence-electron chi connectivity index (χ2n) is 3.76. The van der Waals surface area contributed by atoms with Gasteiger partial charge < -0.3 is 9.40 Å². The Morgan fingerprint density at radius 3 is 3.00 bits per heavy atom. The van der Waals surface area contributed by atoms with Crippen LogP contribution in [0, 0.1) is 0 Å². The van der Waals surface area contributed by atoms with Crippen LogP contribution in [0.15, 0.2) is 50.3 Å². The molecule has 2 heterocycles. The van der Waals surface area contributed by atoms with Crippen molar-refractivity contribution in [2.75, 3.05) is 0 Å². The van der Waals surface area contributed by atoms with E-state index in [1.807, 2.05) is 30.3 Å². The summed E-state index contributed by atoms with van der Waals surface area (Å²) in [4.78, 5) is 14.6. The van der Waals surface area contributed by atoms with Gasteiger partial charge in [0.1, 0.15) is 5.76 Å². The first kappa shape index (κ1) is 10.4. The van der Waals surface area contributed by atoms with Crippen molar-refractivity contribution < 1.29 is 4.42 Å². The molecule has 3 rings (SSSR count). The number of halogens is 1. The van der Waals surface area contributed by atoms with E-state index in [-0.39, 0.29) is 5.69 Å². The Hall–Kier alpha value is -1.75. The van der Waals surface area contributed by atoms with Gasteiger partial charge in [-0.05, 0) is 30.3 Å². The fraction of sp³-hybridized carbons (Fsp3) is 0.0833. The van der Waals surface area contributed by atoms with Gasteiger partial charge in [-0.25, -0.2) is 4.79 Å². The Kier molecular flexibility index (Phi) is 2.40. The number of nitrogens with one attached hydrogen (secondary N) is 1. The maximum atomic E-state index is 11.8. The number of hydrogen-bond acceptors (Lipinski definition) is 2. The molecule has 0 saturated carbocycles. The number of H-pyrrole nitrogens is 1. The first-order chi connectivity index (χ1) is 8.24. The van der Waals surface area contributed by atoms with Crippen molar-refractivity contribution in [1.82, 2.24) is 9.55 Å². The minimum atomic E-state index is -0.130. The Morgan fingerprint density at radius 2 is 2.24 bits per heavy atom. The number of hydrogen-bond donors (Lipinski definition) is 1. The van der Waals surface area contributed by atoms with Crippen molar-refractivity contribution in [3.63, 3.8) is 0 Å². The number of nitrogens with zero attached hydrogens (tertiary/aromatic N) is 1. The number of rotatable bonds is 2. The third kappa shape index (κ3) is 1.82. The molecule has 0 saturated heterocycles. The predicted molar refractivity (Wildman–Crippen MR) is 68.1 cm³/mol. The first-order valence-electron chi connectivity index (χ1n) is 5.14. The van der Waals surface area contributed by atoms with E-state index < -0.39 is 0 Å². The van der Waals surface area contributed by atoms with Gasteiger partial charge in [-0.1, -0.05) is 15.9 Å². The fourth-order valence-electron chi connectivity index (χ4n) is 1.85. The van der Waals surface area contributed by atoms with Gasteiger partial charge in [0.15, 0.2) is 0 Å². The number of benzene rings is 1. The average molecular weight is 293 g/mol. The van der Waals surface area contributed by atoms with Crippen LogP contribution in [-0.2, 0) is 6.54 Å². The fourth-order valence-corrected chi connectivity index (χ4v) is 2.21. The van der Waals surface area contributed by atoms with E-state index in [2.05, 4.69) is 20.9 Å². The van der Waals surface area contributed by atoms with Crippen LogP contribution in [0.5, 0.6) is 0 Å². The number of imidazole rings is 1. The summed E-state index contributed by atoms with van der Waals surface area (Å²) in [5.74, 6) is 0.760. The molecule has 0 radical (unpaired) electrons. The maximum absolute atomic E-state index is 11.8. The minimum Gasteiger partial charge on any atom is -0.467 e. The molecule has 0 aliphatic heterocycles. The molecule has 0 aliphatic carbocycles. The molecule has 86 valence electrons. The zero-order chi connectivity index (χ0) is 11.8. The van der Waals surface area contributed by atoms with Crippen LogP contribution in [0.3, 0.4) is 0 Å². The van der Waals surface area contributed by atoms with Gasteiger partial charge in [-0.3, -0.25) is 4.57 Å². The number of furan rings is 1. The molecular weight excluding hydrogens is 284 g/mol. The molecule has 2 aromatic heterocycles. The molecule has 4 nitrogen and oxygen atoms in total. The lowest BCUT2D eigenvalue weighted by Gasteiger charge is -2.00. The number of aromatic amines is 1. The Bertz CT molecular complexity index is 710. The van der Waals surface area contributed by atoms with Crippen molar-refractivity contribution in [3.8, 4) is 0 Å². The molecule has 1 aromatic carbocycles. The van der Waals surface area contributed by atoms with Crippen molar-refractivity contribution in [1.29, 1.82) is 0 Å². The standard InChI is InChI=1S/C12H9BrN2O2/c13-8-3-4-11-10(6-8)14-12(16)15(11)7-9-2-1-5-17-9/h1-6H,7H2,(H,14,16). The largest absolute Gasteiger partial charge is 0.467 e. The van der Waals surface area contributed by atoms with E-state index in [9.17, 15) is 4.79 Å². The molecule has 5 heteroatoms. The highest BCUT2D eigenvalue weighted by molar-refractivity contribution is 9.10. The average Bonchev–Trinajstić information content (AvgIpc) is 2.88. The van der Waals surface area contributed by atoms with Crippen molar-refractivity contribution in [3.05, 3.63) is 57.3 Å². The lowest BCUT2D eigenvalue weighted by Crippen LogP contribution is -2.16. The van der Waals surface area contributed by atoms with E-state index in [0.717, 1.165) is 21.3 Å². The van der Waals surface area contributed by atoms with Crippen LogP contribution in [0.4, 0.5) is 0 Å². The summed E-state index contributed by atoms with van der Waals surface area (Å²) in [6, 6.07) is 9.36. The second-order valence-corrected chi connectivity index (χ2v) is 4.67. The minimum absolute atomic E-state index is 0.130. The van der Waals surface area contributed by atoms with E-state index in [4.69, 9.17) is 4.42 Å². The normalized spacial score (nSPS) is 11.1. The van der Waals surface area contributed by atoms with Gasteiger partial charge in [0.25, 0.3) is 0 Å². The smallest absolute Gasteiger partial charge is 0.326 e. The van der Waals surface area contributed by atoms with E-state index >= 15 is 0 Å². The molecule has 0 aliphatic rings. The number of aromatic nitrogens is 2. The van der Waals surface area contributed by atoms with Gasteiger partial charge in [0.2, 0.25) is 0 Å². The lowest BCUT2D eigenvalue weighted by atomic mass is 10.3. The van der Waals surface area contributed by atoms with Crippen molar-refractivity contribution in [2.24, 2.45) is 0 Å². The topological polar surface area (TPSA) is 50.9 Å². The highest BCUT2D eigenvalue weighted by Gasteiger charge is 2.08. The molecule has 3 aromatic rings. The highest BCUT2D eigenvalue weighted by atomic mass is 79.9. The van der Waals surface area contributed by atoms with Crippen LogP contribution in [-0.4, -0.2) is 9.55 Å². The zero-order valence-electron chi connectivity index (χ0n) is 8.81. The summed E-state index contributed by atoms with van der Waals surface area (Å²) in [6.45, 7) is 0.438. The van der Waals surface area contributed by atoms with Gasteiger partial charge >= 0.3 is 5.69 Å². The summed E-state index contributed by atoms with van der Waals surface area (Å²) in [6.07, 6.45) is 1.60. The molecule has 0 fully saturated rings. The quantitative estimate of drug-likeness (QED) is 0.790. The molecule has 0 unspecified atom stereocenters. The number of fused-ring (bicyclic) bond motifs is 1. The van der Waals surface area contributed by atoms with Crippen LogP contribution in [0.1, 0.15) is 5.76 Å². The van der Waals surface area contributed by atoms with Gasteiger partial charge in [-0.2, -0.15) is 0 Å². The summed E-state index contributed by atoms with van der Waals surface area (Å²) >= 11 is 3.38. The third-order valence-corrected chi connectivity index (χ3v) is 3.12. The molecule has 1 N–H and O–H groups in total. The summed E-state index contributed by atoms with van der Waals surface area (Å²) in [5.41, 5.74) is 1.56. The zero-order valence-corrected chi connectivity index (χ0v) is 10.4. The van der Waals surface area contributed by atoms with E-state index in [0.29, 0.717) is 6.54 Å². The van der Waals surface area contributed by atoms with Crippen LogP contribution >= 0.6 is 15.9 Å². The Labute approximate surface area is 105 Å². The maximum Gasteiger partial charge on any atom is 0.326 e. The second kappa shape index (κ2) is 3.92. The van der Waals surface area contributed by atoms with Crippen molar-refractivity contribution >= 4 is 27.0 Å². The van der Waals surface area contributed by atoms with Crippen molar-refractivity contribution in [2.45, 2.75) is 6.54 Å². The Morgan fingerprint density at radius 1 is 1.35 bits per heavy atom. The molecule has 17 heavy (non-hydrogen) atoms. The van der Waals surface area contributed by atoms with Crippen LogP contribution in [0.25, 0.3) is 11.0 Å². The van der Waals surface area contributed by atoms with E-state index in [1.165, 1.54) is 0 Å². The van der Waals surface area contributed by atoms with Crippen LogP contribution < -0.4 is 5.69 Å². The van der Waals surface area contributed by atoms with Crippen LogP contribution in [0.2, 0.25) is 0 Å². The molecule has 0 atom stereocenters. The lowest BCUT2D eigenvalue weighted by molar-refractivity contribution is 0.493. The molecule has 0 amide bonds. The first-order valence-corrected chi connectivity index (χ1v) is 5.94. The van der Waals surface area contributed by atoms with Gasteiger partial charge in [0.05, 0.1) is 23.8 Å². The van der Waals surface area contributed by atoms with Gasteiger partial charge in [0, 0.05) is 4.47 Å². The molecular formula is C12H9BrN2O2. The Balaban J connectivity index is 2.16. The van der Waals surface area contributed by atoms with E-state index in [1.54, 1.807) is 10.8 Å². The highest BCUT2D eigenvalue weighted by Crippen LogP contribution is 2.17. The van der Waals surface area contributed by atoms with Gasteiger partial charge in [-0.15, -0.1) is 0 Å². The SMILES string of the molecule is O=c1[nH]c2cc(Br)ccc2n1Cc1ccco1. The summed E-state index contributed by atoms with van der Waals surface area (Å²) in [5, 5.41) is 0. The molecule has 0 spiro atoms. The third-order valence-electron chi connectivity index (χ3n) is 2.63.